The summed E-state index contributed by atoms with van der Waals surface area (Å²) in [6.45, 7) is 10.7. The fourth-order valence-corrected chi connectivity index (χ4v) is 2.34. The van der Waals surface area contributed by atoms with E-state index in [1.807, 2.05) is 7.05 Å². The lowest BCUT2D eigenvalue weighted by Crippen LogP contribution is -2.47. The maximum absolute atomic E-state index is 5.53. The molecule has 102 valence electrons. The van der Waals surface area contributed by atoms with Crippen LogP contribution in [-0.4, -0.2) is 49.7 Å². The van der Waals surface area contributed by atoms with Crippen molar-refractivity contribution in [3.8, 4) is 0 Å². The first-order valence-corrected chi connectivity index (χ1v) is 6.75. The molecular weight excluding hydrogens is 228 g/mol. The Morgan fingerprint density at radius 1 is 1.33 bits per heavy atom. The van der Waals surface area contributed by atoms with Crippen molar-refractivity contribution in [3.63, 3.8) is 0 Å². The highest BCUT2D eigenvalue weighted by atomic mass is 16.4. The monoisotopic (exact) mass is 252 g/mol. The highest BCUT2D eigenvalue weighted by Crippen LogP contribution is 2.16. The van der Waals surface area contributed by atoms with E-state index in [0.29, 0.717) is 0 Å². The van der Waals surface area contributed by atoms with Gasteiger partial charge in [-0.25, -0.2) is 0 Å². The molecule has 1 aliphatic rings. The van der Waals surface area contributed by atoms with E-state index in [4.69, 9.17) is 4.42 Å². The van der Waals surface area contributed by atoms with Crippen LogP contribution in [0.2, 0.25) is 0 Å². The molecule has 1 N–H and O–H groups in total. The van der Waals surface area contributed by atoms with Gasteiger partial charge >= 0.3 is 0 Å². The van der Waals surface area contributed by atoms with Crippen LogP contribution in [0.4, 0.5) is 6.01 Å². The molecular formula is C13H24N4O. The summed E-state index contributed by atoms with van der Waals surface area (Å²) in [7, 11) is 1.92. The van der Waals surface area contributed by atoms with Crippen LogP contribution in [0.5, 0.6) is 0 Å². The molecule has 5 heteroatoms. The molecule has 0 bridgehead atoms. The number of oxazole rings is 1. The summed E-state index contributed by atoms with van der Waals surface area (Å²) in [4.78, 5) is 9.23. The quantitative estimate of drug-likeness (QED) is 0.852. The molecule has 1 aromatic heterocycles. The van der Waals surface area contributed by atoms with Crippen LogP contribution in [0.25, 0.3) is 0 Å². The van der Waals surface area contributed by atoms with Crippen molar-refractivity contribution >= 4 is 6.01 Å². The van der Waals surface area contributed by atoms with E-state index in [2.05, 4.69) is 33.9 Å². The number of nitrogens with zero attached hydrogens (tertiary/aromatic N) is 3. The van der Waals surface area contributed by atoms with Crippen molar-refractivity contribution in [2.75, 3.05) is 44.7 Å². The standard InChI is InChI=1S/C13H24N4O/c1-11(2)9-16-4-6-17(7-5-16)13-15-12(8-14-3)10-18-13/h10-11,14H,4-9H2,1-3H3. The molecule has 0 unspecified atom stereocenters. The molecule has 0 radical (unpaired) electrons. The number of nitrogens with one attached hydrogen (secondary N) is 1. The minimum atomic E-state index is 0.737. The van der Waals surface area contributed by atoms with E-state index >= 15 is 0 Å². The smallest absolute Gasteiger partial charge is 0.297 e. The third-order valence-electron chi connectivity index (χ3n) is 3.16. The number of rotatable bonds is 5. The molecule has 0 aromatic carbocycles. The van der Waals surface area contributed by atoms with Crippen molar-refractivity contribution in [3.05, 3.63) is 12.0 Å². The average Bonchev–Trinajstić information content (AvgIpc) is 2.78. The molecule has 1 saturated heterocycles. The van der Waals surface area contributed by atoms with Crippen LogP contribution in [0.15, 0.2) is 10.7 Å². The van der Waals surface area contributed by atoms with Crippen LogP contribution in [0, 0.1) is 5.92 Å². The molecule has 0 spiro atoms. The first-order valence-electron chi connectivity index (χ1n) is 6.75. The van der Waals surface area contributed by atoms with Gasteiger partial charge in [-0.05, 0) is 13.0 Å². The Labute approximate surface area is 109 Å². The molecule has 1 fully saturated rings. The van der Waals surface area contributed by atoms with Gasteiger partial charge < -0.3 is 14.6 Å². The van der Waals surface area contributed by atoms with Gasteiger partial charge in [-0.1, -0.05) is 13.8 Å². The fourth-order valence-electron chi connectivity index (χ4n) is 2.34. The van der Waals surface area contributed by atoms with Crippen LogP contribution in [0.1, 0.15) is 19.5 Å². The van der Waals surface area contributed by atoms with Crippen molar-refractivity contribution in [1.29, 1.82) is 0 Å². The van der Waals surface area contributed by atoms with E-state index in [1.165, 1.54) is 6.54 Å². The van der Waals surface area contributed by atoms with Gasteiger partial charge in [0.1, 0.15) is 6.26 Å². The lowest BCUT2D eigenvalue weighted by Gasteiger charge is -2.34. The minimum absolute atomic E-state index is 0.737. The van der Waals surface area contributed by atoms with Crippen molar-refractivity contribution in [2.24, 2.45) is 5.92 Å². The van der Waals surface area contributed by atoms with Crippen molar-refractivity contribution in [2.45, 2.75) is 20.4 Å². The summed E-state index contributed by atoms with van der Waals surface area (Å²) >= 11 is 0. The predicted molar refractivity (Wildman–Crippen MR) is 72.8 cm³/mol. The fraction of sp³-hybridized carbons (Fsp3) is 0.769. The lowest BCUT2D eigenvalue weighted by atomic mass is 10.2. The minimum Gasteiger partial charge on any atom is -0.432 e. The average molecular weight is 252 g/mol. The van der Waals surface area contributed by atoms with Crippen LogP contribution >= 0.6 is 0 Å². The lowest BCUT2D eigenvalue weighted by molar-refractivity contribution is 0.227. The Bertz CT molecular complexity index is 356. The maximum Gasteiger partial charge on any atom is 0.297 e. The van der Waals surface area contributed by atoms with Crippen molar-refractivity contribution < 1.29 is 4.42 Å². The number of hydrogen-bond donors (Lipinski definition) is 1. The zero-order valence-corrected chi connectivity index (χ0v) is 11.6. The van der Waals surface area contributed by atoms with Gasteiger partial charge in [-0.3, -0.25) is 4.90 Å². The summed E-state index contributed by atoms with van der Waals surface area (Å²) in [5.74, 6) is 0.737. The number of anilines is 1. The Balaban J connectivity index is 1.84. The molecule has 2 heterocycles. The van der Waals surface area contributed by atoms with E-state index in [1.54, 1.807) is 6.26 Å². The normalized spacial score (nSPS) is 17.7. The predicted octanol–water partition coefficient (Wildman–Crippen LogP) is 1.17. The molecule has 1 aromatic rings. The number of hydrogen-bond acceptors (Lipinski definition) is 5. The van der Waals surface area contributed by atoms with E-state index < -0.39 is 0 Å². The first-order chi connectivity index (χ1) is 8.69. The van der Waals surface area contributed by atoms with Gasteiger partial charge in [0.2, 0.25) is 0 Å². The van der Waals surface area contributed by atoms with Crippen LogP contribution in [0.3, 0.4) is 0 Å². The SMILES string of the molecule is CNCc1coc(N2CCN(CC(C)C)CC2)n1. The van der Waals surface area contributed by atoms with Crippen LogP contribution in [-0.2, 0) is 6.54 Å². The van der Waals surface area contributed by atoms with E-state index in [0.717, 1.165) is 50.4 Å². The van der Waals surface area contributed by atoms with Gasteiger partial charge in [0.05, 0.1) is 5.69 Å². The Morgan fingerprint density at radius 3 is 2.67 bits per heavy atom. The van der Waals surface area contributed by atoms with Crippen molar-refractivity contribution in [1.82, 2.24) is 15.2 Å². The molecule has 0 saturated carbocycles. The Kier molecular flexibility index (Phi) is 4.60. The largest absolute Gasteiger partial charge is 0.432 e. The third-order valence-corrected chi connectivity index (χ3v) is 3.16. The topological polar surface area (TPSA) is 44.5 Å². The molecule has 18 heavy (non-hydrogen) atoms. The van der Waals surface area contributed by atoms with E-state index in [9.17, 15) is 0 Å². The second-order valence-corrected chi connectivity index (χ2v) is 5.33. The zero-order chi connectivity index (χ0) is 13.0. The Hall–Kier alpha value is -1.07. The summed E-state index contributed by atoms with van der Waals surface area (Å²) in [6.07, 6.45) is 1.74. The molecule has 5 nitrogen and oxygen atoms in total. The maximum atomic E-state index is 5.53. The van der Waals surface area contributed by atoms with Gasteiger partial charge in [0.25, 0.3) is 6.01 Å². The van der Waals surface area contributed by atoms with Crippen LogP contribution < -0.4 is 10.2 Å². The molecule has 0 aliphatic carbocycles. The second kappa shape index (κ2) is 6.20. The van der Waals surface area contributed by atoms with Gasteiger partial charge in [-0.2, -0.15) is 4.98 Å². The van der Waals surface area contributed by atoms with Gasteiger partial charge in [0, 0.05) is 39.3 Å². The van der Waals surface area contributed by atoms with Gasteiger partial charge in [-0.15, -0.1) is 0 Å². The summed E-state index contributed by atoms with van der Waals surface area (Å²) in [5.41, 5.74) is 0.970. The molecule has 1 aliphatic heterocycles. The Morgan fingerprint density at radius 2 is 2.06 bits per heavy atom. The zero-order valence-electron chi connectivity index (χ0n) is 11.6. The van der Waals surface area contributed by atoms with Gasteiger partial charge in [0.15, 0.2) is 0 Å². The molecule has 2 rings (SSSR count). The highest BCUT2D eigenvalue weighted by molar-refractivity contribution is 5.27. The number of aromatic nitrogens is 1. The second-order valence-electron chi connectivity index (χ2n) is 5.33. The third kappa shape index (κ3) is 3.46. The highest BCUT2D eigenvalue weighted by Gasteiger charge is 2.20. The number of piperazine rings is 1. The molecule has 0 amide bonds. The van der Waals surface area contributed by atoms with E-state index in [-0.39, 0.29) is 0 Å². The summed E-state index contributed by atoms with van der Waals surface area (Å²) in [6, 6.07) is 0.768. The summed E-state index contributed by atoms with van der Waals surface area (Å²) < 4.78 is 5.53. The molecule has 0 atom stereocenters. The first kappa shape index (κ1) is 13.4. The summed E-state index contributed by atoms with van der Waals surface area (Å²) in [5, 5.41) is 3.08.